The van der Waals surface area contributed by atoms with Crippen LogP contribution in [0.3, 0.4) is 0 Å². The van der Waals surface area contributed by atoms with Gasteiger partial charge in [-0.3, -0.25) is 4.98 Å². The number of hydrogen-bond acceptors (Lipinski definition) is 3. The molecule has 0 aliphatic heterocycles. The predicted molar refractivity (Wildman–Crippen MR) is 55.9 cm³/mol. The molecule has 0 aliphatic carbocycles. The zero-order valence-electron chi connectivity index (χ0n) is 8.04. The number of hydrogen-bond donors (Lipinski definition) is 0. The lowest BCUT2D eigenvalue weighted by Crippen LogP contribution is -2.03. The third-order valence-corrected chi connectivity index (χ3v) is 2.59. The van der Waals surface area contributed by atoms with Gasteiger partial charge in [-0.15, -0.1) is 0 Å². The van der Waals surface area contributed by atoms with Gasteiger partial charge in [0.05, 0.1) is 23.7 Å². The van der Waals surface area contributed by atoms with E-state index in [-0.39, 0.29) is 34.1 Å². The van der Waals surface area contributed by atoms with Gasteiger partial charge in [0.1, 0.15) is 6.07 Å². The maximum absolute atomic E-state index is 12.6. The van der Waals surface area contributed by atoms with Crippen LogP contribution < -0.4 is 0 Å². The number of nitrogens with zero attached hydrogens (tertiary/aromatic N) is 3. The molecule has 0 unspecified atom stereocenters. The highest BCUT2D eigenvalue weighted by Crippen LogP contribution is 2.27. The first-order valence-electron chi connectivity index (χ1n) is 4.27. The molecule has 0 saturated heterocycles. The van der Waals surface area contributed by atoms with Crippen LogP contribution in [0, 0.1) is 22.7 Å². The van der Waals surface area contributed by atoms with E-state index in [0.29, 0.717) is 0 Å². The average molecular weight is 286 g/mol. The molecule has 0 amide bonds. The number of rotatable bonds is 3. The summed E-state index contributed by atoms with van der Waals surface area (Å²) in [6, 6.07) is 3.66. The molecule has 0 bridgehead atoms. The minimum Gasteiger partial charge on any atom is -0.258 e. The maximum Gasteiger partial charge on any atom is 0.265 e. The molecule has 1 rings (SSSR count). The molecule has 0 aromatic carbocycles. The molecule has 0 fully saturated rings. The first kappa shape index (κ1) is 12.5. The summed E-state index contributed by atoms with van der Waals surface area (Å²) < 4.78 is 25.2. The van der Waals surface area contributed by atoms with E-state index in [2.05, 4.69) is 20.9 Å². The van der Waals surface area contributed by atoms with Crippen molar-refractivity contribution in [3.8, 4) is 12.1 Å². The molecular weight excluding hydrogens is 280 g/mol. The molecule has 0 spiro atoms. The Bertz CT molecular complexity index is 474. The van der Waals surface area contributed by atoms with Crippen LogP contribution in [-0.4, -0.2) is 4.98 Å². The van der Waals surface area contributed by atoms with Gasteiger partial charge < -0.3 is 0 Å². The lowest BCUT2D eigenvalue weighted by Gasteiger charge is -2.09. The molecular formula is C10H6BrF2N3. The Hall–Kier alpha value is -1.53. The van der Waals surface area contributed by atoms with Crippen molar-refractivity contribution in [2.45, 2.75) is 18.2 Å². The SMILES string of the molecule is N#CCc1ncc(C(F)F)c(CBr)c1C#N. The van der Waals surface area contributed by atoms with E-state index in [1.165, 1.54) is 0 Å². The number of nitriles is 2. The van der Waals surface area contributed by atoms with Crippen LogP contribution in [0.2, 0.25) is 0 Å². The summed E-state index contributed by atoms with van der Waals surface area (Å²) in [6.07, 6.45) is -1.72. The second-order valence-electron chi connectivity index (χ2n) is 2.89. The van der Waals surface area contributed by atoms with Crippen LogP contribution in [0.25, 0.3) is 0 Å². The Labute approximate surface area is 99.5 Å². The van der Waals surface area contributed by atoms with E-state index in [4.69, 9.17) is 10.5 Å². The van der Waals surface area contributed by atoms with Crippen molar-refractivity contribution in [2.75, 3.05) is 0 Å². The summed E-state index contributed by atoms with van der Waals surface area (Å²) >= 11 is 3.06. The zero-order valence-corrected chi connectivity index (χ0v) is 9.63. The Balaban J connectivity index is 3.42. The molecule has 82 valence electrons. The van der Waals surface area contributed by atoms with Gasteiger partial charge in [-0.05, 0) is 5.56 Å². The second-order valence-corrected chi connectivity index (χ2v) is 3.46. The molecule has 0 radical (unpaired) electrons. The predicted octanol–water partition coefficient (Wildman–Crippen LogP) is 2.85. The number of aromatic nitrogens is 1. The smallest absolute Gasteiger partial charge is 0.258 e. The minimum atomic E-state index is -2.68. The molecule has 16 heavy (non-hydrogen) atoms. The maximum atomic E-state index is 12.6. The highest BCUT2D eigenvalue weighted by atomic mass is 79.9. The fraction of sp³-hybridized carbons (Fsp3) is 0.300. The Morgan fingerprint density at radius 2 is 2.12 bits per heavy atom. The highest BCUT2D eigenvalue weighted by molar-refractivity contribution is 9.08. The monoisotopic (exact) mass is 285 g/mol. The van der Waals surface area contributed by atoms with E-state index in [0.717, 1.165) is 6.20 Å². The van der Waals surface area contributed by atoms with Crippen LogP contribution in [0.5, 0.6) is 0 Å². The number of pyridine rings is 1. The first-order valence-corrected chi connectivity index (χ1v) is 5.39. The van der Waals surface area contributed by atoms with Crippen molar-refractivity contribution in [3.63, 3.8) is 0 Å². The molecule has 1 aromatic heterocycles. The number of alkyl halides is 3. The molecule has 1 aromatic rings. The van der Waals surface area contributed by atoms with E-state index in [9.17, 15) is 8.78 Å². The summed E-state index contributed by atoms with van der Waals surface area (Å²) in [6.45, 7) is 0. The summed E-state index contributed by atoms with van der Waals surface area (Å²) in [5.41, 5.74) is 0.243. The Kier molecular flexibility index (Phi) is 4.33. The molecule has 0 saturated carbocycles. The number of halogens is 3. The van der Waals surface area contributed by atoms with Crippen LogP contribution in [0.4, 0.5) is 8.78 Å². The van der Waals surface area contributed by atoms with Crippen molar-refractivity contribution < 1.29 is 8.78 Å². The van der Waals surface area contributed by atoms with Gasteiger partial charge in [-0.2, -0.15) is 10.5 Å². The molecule has 0 N–H and O–H groups in total. The van der Waals surface area contributed by atoms with Crippen LogP contribution in [0.1, 0.15) is 28.8 Å². The summed E-state index contributed by atoms with van der Waals surface area (Å²) in [5, 5.41) is 17.6. The third kappa shape index (κ3) is 2.34. The largest absolute Gasteiger partial charge is 0.265 e. The topological polar surface area (TPSA) is 60.5 Å². The molecule has 1 heterocycles. The zero-order chi connectivity index (χ0) is 12.1. The minimum absolute atomic E-state index is 0.0631. The van der Waals surface area contributed by atoms with Crippen LogP contribution in [0.15, 0.2) is 6.20 Å². The van der Waals surface area contributed by atoms with Crippen molar-refractivity contribution in [2.24, 2.45) is 0 Å². The van der Waals surface area contributed by atoms with Crippen molar-refractivity contribution >= 4 is 15.9 Å². The molecule has 3 nitrogen and oxygen atoms in total. The van der Waals surface area contributed by atoms with Gasteiger partial charge in [-0.25, -0.2) is 8.78 Å². The first-order chi connectivity index (χ1) is 7.65. The van der Waals surface area contributed by atoms with Gasteiger partial charge in [0.25, 0.3) is 6.43 Å². The van der Waals surface area contributed by atoms with Crippen molar-refractivity contribution in [1.29, 1.82) is 10.5 Å². The van der Waals surface area contributed by atoms with Gasteiger partial charge >= 0.3 is 0 Å². The van der Waals surface area contributed by atoms with Crippen LogP contribution >= 0.6 is 15.9 Å². The van der Waals surface area contributed by atoms with Crippen molar-refractivity contribution in [3.05, 3.63) is 28.6 Å². The molecule has 6 heteroatoms. The van der Waals surface area contributed by atoms with E-state index in [1.807, 2.05) is 12.1 Å². The van der Waals surface area contributed by atoms with E-state index >= 15 is 0 Å². The van der Waals surface area contributed by atoms with Gasteiger partial charge in [-0.1, -0.05) is 15.9 Å². The molecule has 0 aliphatic rings. The van der Waals surface area contributed by atoms with E-state index in [1.54, 1.807) is 0 Å². The lowest BCUT2D eigenvalue weighted by molar-refractivity contribution is 0.150. The van der Waals surface area contributed by atoms with E-state index < -0.39 is 6.43 Å². The quantitative estimate of drug-likeness (QED) is 0.803. The normalized spacial score (nSPS) is 9.88. The Morgan fingerprint density at radius 1 is 1.44 bits per heavy atom. The fourth-order valence-electron chi connectivity index (χ4n) is 1.28. The Morgan fingerprint density at radius 3 is 2.56 bits per heavy atom. The standard InChI is InChI=1S/C10H6BrF2N3/c11-3-6-7(4-15)9(1-2-14)16-5-8(6)10(12)13/h5,10H,1,3H2. The van der Waals surface area contributed by atoms with Gasteiger partial charge in [0.15, 0.2) is 0 Å². The summed E-state index contributed by atoms with van der Waals surface area (Å²) in [5.74, 6) is 0. The summed E-state index contributed by atoms with van der Waals surface area (Å²) in [4.78, 5) is 3.72. The van der Waals surface area contributed by atoms with Crippen molar-refractivity contribution in [1.82, 2.24) is 4.98 Å². The summed E-state index contributed by atoms with van der Waals surface area (Å²) in [7, 11) is 0. The van der Waals surface area contributed by atoms with Gasteiger partial charge in [0, 0.05) is 17.1 Å². The third-order valence-electron chi connectivity index (χ3n) is 2.03. The highest BCUT2D eigenvalue weighted by Gasteiger charge is 2.19. The fourth-order valence-corrected chi connectivity index (χ4v) is 1.89. The van der Waals surface area contributed by atoms with Gasteiger partial charge in [0.2, 0.25) is 0 Å². The lowest BCUT2D eigenvalue weighted by atomic mass is 10.0. The second kappa shape index (κ2) is 5.53. The van der Waals surface area contributed by atoms with Crippen LogP contribution in [-0.2, 0) is 11.8 Å². The average Bonchev–Trinajstić information content (AvgIpc) is 2.28. The molecule has 0 atom stereocenters.